The third-order valence-corrected chi connectivity index (χ3v) is 3.43. The Bertz CT molecular complexity index is 205. The molecule has 0 radical (unpaired) electrons. The Morgan fingerprint density at radius 2 is 2.18 bits per heavy atom. The van der Waals surface area contributed by atoms with Crippen molar-refractivity contribution in [1.82, 2.24) is 10.2 Å². The normalized spacial score (nSPS) is 25.1. The van der Waals surface area contributed by atoms with Gasteiger partial charge in [-0.3, -0.25) is 4.90 Å². The third kappa shape index (κ3) is 5.27. The van der Waals surface area contributed by atoms with Gasteiger partial charge in [0.05, 0.1) is 13.2 Å². The molecule has 0 aliphatic heterocycles. The van der Waals surface area contributed by atoms with Crippen LogP contribution in [-0.4, -0.2) is 55.3 Å². The van der Waals surface area contributed by atoms with Gasteiger partial charge in [0.15, 0.2) is 0 Å². The molecule has 0 saturated heterocycles. The molecule has 1 aliphatic carbocycles. The van der Waals surface area contributed by atoms with Crippen LogP contribution in [0.4, 0.5) is 8.78 Å². The molecule has 3 nitrogen and oxygen atoms in total. The van der Waals surface area contributed by atoms with E-state index < -0.39 is 6.43 Å². The van der Waals surface area contributed by atoms with Gasteiger partial charge in [0.1, 0.15) is 0 Å². The first kappa shape index (κ1) is 14.8. The van der Waals surface area contributed by atoms with Crippen LogP contribution < -0.4 is 5.32 Å². The molecule has 0 aromatic rings. The second-order valence-electron chi connectivity index (χ2n) is 4.73. The fourth-order valence-electron chi connectivity index (χ4n) is 2.71. The lowest BCUT2D eigenvalue weighted by molar-refractivity contribution is 0.0678. The summed E-state index contributed by atoms with van der Waals surface area (Å²) in [6, 6.07) is 0.457. The van der Waals surface area contributed by atoms with Gasteiger partial charge in [0.25, 0.3) is 6.43 Å². The zero-order valence-corrected chi connectivity index (χ0v) is 10.5. The van der Waals surface area contributed by atoms with Crippen LogP contribution in [0.3, 0.4) is 0 Å². The molecular weight excluding hydrogens is 226 g/mol. The van der Waals surface area contributed by atoms with Crippen molar-refractivity contribution < 1.29 is 13.9 Å². The van der Waals surface area contributed by atoms with Crippen LogP contribution in [0.1, 0.15) is 26.2 Å². The Balaban J connectivity index is 2.41. The van der Waals surface area contributed by atoms with Gasteiger partial charge in [0, 0.05) is 19.1 Å². The van der Waals surface area contributed by atoms with E-state index in [1.807, 2.05) is 0 Å². The molecule has 1 saturated carbocycles. The number of rotatable bonds is 8. The van der Waals surface area contributed by atoms with Crippen molar-refractivity contribution in [3.63, 3.8) is 0 Å². The van der Waals surface area contributed by atoms with Crippen molar-refractivity contribution >= 4 is 0 Å². The van der Waals surface area contributed by atoms with Crippen molar-refractivity contribution in [2.75, 3.05) is 32.8 Å². The molecule has 0 aromatic heterocycles. The van der Waals surface area contributed by atoms with E-state index in [9.17, 15) is 8.78 Å². The highest BCUT2D eigenvalue weighted by Crippen LogP contribution is 2.26. The van der Waals surface area contributed by atoms with Crippen LogP contribution >= 0.6 is 0 Å². The van der Waals surface area contributed by atoms with E-state index in [0.717, 1.165) is 19.4 Å². The summed E-state index contributed by atoms with van der Waals surface area (Å²) in [7, 11) is 0. The fourth-order valence-corrected chi connectivity index (χ4v) is 2.71. The SMILES string of the molecule is CCNC1CCCC1CN(CCO)CC(F)F. The number of aliphatic hydroxyl groups excluding tert-OH is 1. The monoisotopic (exact) mass is 250 g/mol. The predicted octanol–water partition coefficient (Wildman–Crippen LogP) is 1.32. The number of hydrogen-bond acceptors (Lipinski definition) is 3. The summed E-state index contributed by atoms with van der Waals surface area (Å²) >= 11 is 0. The highest BCUT2D eigenvalue weighted by atomic mass is 19.3. The molecule has 0 heterocycles. The summed E-state index contributed by atoms with van der Waals surface area (Å²) in [6.45, 7) is 3.74. The van der Waals surface area contributed by atoms with E-state index in [0.29, 0.717) is 25.0 Å². The molecule has 102 valence electrons. The Labute approximate surface area is 102 Å². The average Bonchev–Trinajstić information content (AvgIpc) is 2.66. The maximum absolute atomic E-state index is 12.4. The number of nitrogens with zero attached hydrogens (tertiary/aromatic N) is 1. The molecule has 2 atom stereocenters. The first-order chi connectivity index (χ1) is 8.17. The lowest BCUT2D eigenvalue weighted by Crippen LogP contribution is -2.41. The van der Waals surface area contributed by atoms with Crippen LogP contribution in [0, 0.1) is 5.92 Å². The summed E-state index contributed by atoms with van der Waals surface area (Å²) < 4.78 is 24.8. The molecule has 1 fully saturated rings. The van der Waals surface area contributed by atoms with Gasteiger partial charge in [-0.05, 0) is 25.3 Å². The highest BCUT2D eigenvalue weighted by Gasteiger charge is 2.28. The van der Waals surface area contributed by atoms with Crippen molar-refractivity contribution in [1.29, 1.82) is 0 Å². The topological polar surface area (TPSA) is 35.5 Å². The fraction of sp³-hybridized carbons (Fsp3) is 1.00. The van der Waals surface area contributed by atoms with Crippen molar-refractivity contribution in [2.45, 2.75) is 38.7 Å². The smallest absolute Gasteiger partial charge is 0.251 e. The predicted molar refractivity (Wildman–Crippen MR) is 64.3 cm³/mol. The summed E-state index contributed by atoms with van der Waals surface area (Å²) in [5, 5.41) is 12.3. The quantitative estimate of drug-likeness (QED) is 0.682. The summed E-state index contributed by atoms with van der Waals surface area (Å²) in [6.07, 6.45) is 1.09. The molecule has 17 heavy (non-hydrogen) atoms. The summed E-state index contributed by atoms with van der Waals surface area (Å²) in [5.41, 5.74) is 0. The minimum Gasteiger partial charge on any atom is -0.395 e. The zero-order chi connectivity index (χ0) is 12.7. The van der Waals surface area contributed by atoms with Crippen LogP contribution in [-0.2, 0) is 0 Å². The van der Waals surface area contributed by atoms with Crippen LogP contribution in [0.25, 0.3) is 0 Å². The minimum absolute atomic E-state index is 0.0503. The summed E-state index contributed by atoms with van der Waals surface area (Å²) in [5.74, 6) is 0.445. The average molecular weight is 250 g/mol. The summed E-state index contributed by atoms with van der Waals surface area (Å²) in [4.78, 5) is 1.69. The molecule has 2 N–H and O–H groups in total. The number of halogens is 2. The van der Waals surface area contributed by atoms with Crippen LogP contribution in [0.5, 0.6) is 0 Å². The third-order valence-electron chi connectivity index (χ3n) is 3.43. The first-order valence-corrected chi connectivity index (χ1v) is 6.52. The maximum Gasteiger partial charge on any atom is 0.251 e. The molecule has 5 heteroatoms. The molecular formula is C12H24F2N2O. The van der Waals surface area contributed by atoms with E-state index in [1.54, 1.807) is 4.90 Å². The largest absolute Gasteiger partial charge is 0.395 e. The molecule has 2 unspecified atom stereocenters. The van der Waals surface area contributed by atoms with Gasteiger partial charge < -0.3 is 10.4 Å². The number of hydrogen-bond donors (Lipinski definition) is 2. The molecule has 0 aromatic carbocycles. The minimum atomic E-state index is -2.32. The standard InChI is InChI=1S/C12H24F2N2O/c1-2-15-11-5-3-4-10(11)8-16(6-7-17)9-12(13)14/h10-12,15,17H,2-9H2,1H3. The Hall–Kier alpha value is -0.260. The van der Waals surface area contributed by atoms with Gasteiger partial charge in [-0.25, -0.2) is 8.78 Å². The molecule has 0 bridgehead atoms. The Kier molecular flexibility index (Phi) is 6.92. The van der Waals surface area contributed by atoms with E-state index >= 15 is 0 Å². The highest BCUT2D eigenvalue weighted by molar-refractivity contribution is 4.85. The van der Waals surface area contributed by atoms with E-state index in [1.165, 1.54) is 6.42 Å². The van der Waals surface area contributed by atoms with Crippen molar-refractivity contribution in [3.8, 4) is 0 Å². The van der Waals surface area contributed by atoms with E-state index in [-0.39, 0.29) is 13.2 Å². The Morgan fingerprint density at radius 1 is 1.41 bits per heavy atom. The number of alkyl halides is 2. The number of nitrogens with one attached hydrogen (secondary N) is 1. The van der Waals surface area contributed by atoms with Gasteiger partial charge >= 0.3 is 0 Å². The lowest BCUT2D eigenvalue weighted by atomic mass is 10.0. The Morgan fingerprint density at radius 3 is 2.76 bits per heavy atom. The van der Waals surface area contributed by atoms with E-state index in [4.69, 9.17) is 5.11 Å². The molecule has 1 rings (SSSR count). The second-order valence-corrected chi connectivity index (χ2v) is 4.73. The number of aliphatic hydroxyl groups is 1. The first-order valence-electron chi connectivity index (χ1n) is 6.52. The van der Waals surface area contributed by atoms with Crippen molar-refractivity contribution in [2.24, 2.45) is 5.92 Å². The molecule has 1 aliphatic rings. The molecule has 0 amide bonds. The van der Waals surface area contributed by atoms with Crippen LogP contribution in [0.2, 0.25) is 0 Å². The van der Waals surface area contributed by atoms with Gasteiger partial charge in [-0.15, -0.1) is 0 Å². The van der Waals surface area contributed by atoms with Crippen molar-refractivity contribution in [3.05, 3.63) is 0 Å². The lowest BCUT2D eigenvalue weighted by Gasteiger charge is -2.28. The van der Waals surface area contributed by atoms with Gasteiger partial charge in [-0.2, -0.15) is 0 Å². The van der Waals surface area contributed by atoms with Crippen LogP contribution in [0.15, 0.2) is 0 Å². The second kappa shape index (κ2) is 7.95. The van der Waals surface area contributed by atoms with Gasteiger partial charge in [0.2, 0.25) is 0 Å². The van der Waals surface area contributed by atoms with Gasteiger partial charge in [-0.1, -0.05) is 13.3 Å². The maximum atomic E-state index is 12.4. The van der Waals surface area contributed by atoms with E-state index in [2.05, 4.69) is 12.2 Å². The molecule has 0 spiro atoms. The zero-order valence-electron chi connectivity index (χ0n) is 10.5.